The third kappa shape index (κ3) is 3.09. The molecule has 0 N–H and O–H groups in total. The van der Waals surface area contributed by atoms with Gasteiger partial charge in [-0.15, -0.1) is 0 Å². The van der Waals surface area contributed by atoms with E-state index in [0.29, 0.717) is 0 Å². The van der Waals surface area contributed by atoms with Crippen molar-refractivity contribution >= 4 is 5.91 Å². The maximum absolute atomic E-state index is 12.2. The highest BCUT2D eigenvalue weighted by atomic mass is 16.2. The van der Waals surface area contributed by atoms with Gasteiger partial charge >= 0.3 is 0 Å². The van der Waals surface area contributed by atoms with Gasteiger partial charge in [-0.1, -0.05) is 32.0 Å². The minimum atomic E-state index is 0.106. The second kappa shape index (κ2) is 6.31. The molecule has 0 heterocycles. The summed E-state index contributed by atoms with van der Waals surface area (Å²) in [4.78, 5) is 14.1. The molecule has 0 saturated heterocycles. The molecule has 1 aromatic rings. The number of carbonyl (C=O) groups is 1. The zero-order chi connectivity index (χ0) is 12.0. The van der Waals surface area contributed by atoms with Crippen LogP contribution in [0.2, 0.25) is 0 Å². The highest BCUT2D eigenvalue weighted by Gasteiger charge is 2.15. The molecule has 0 bridgehead atoms. The molecule has 0 aliphatic rings. The second-order valence-corrected chi connectivity index (χ2v) is 3.95. The lowest BCUT2D eigenvalue weighted by Crippen LogP contribution is -2.32. The van der Waals surface area contributed by atoms with Gasteiger partial charge in [0, 0.05) is 18.7 Å². The normalized spacial score (nSPS) is 10.2. The molecule has 0 atom stereocenters. The third-order valence-corrected chi connectivity index (χ3v) is 2.52. The first kappa shape index (κ1) is 12.8. The first-order valence-electron chi connectivity index (χ1n) is 5.91. The van der Waals surface area contributed by atoms with E-state index in [4.69, 9.17) is 0 Å². The van der Waals surface area contributed by atoms with Crippen LogP contribution >= 0.6 is 0 Å². The monoisotopic (exact) mass is 218 g/mol. The summed E-state index contributed by atoms with van der Waals surface area (Å²) < 4.78 is 0. The average molecular weight is 218 g/mol. The molecule has 0 spiro atoms. The summed E-state index contributed by atoms with van der Waals surface area (Å²) in [6.45, 7) is 9.72. The third-order valence-electron chi connectivity index (χ3n) is 2.52. The first-order chi connectivity index (χ1) is 7.70. The van der Waals surface area contributed by atoms with Gasteiger partial charge in [-0.3, -0.25) is 4.79 Å². The second-order valence-electron chi connectivity index (χ2n) is 3.95. The fourth-order valence-electron chi connectivity index (χ4n) is 1.75. The SMILES string of the molecule is [CH2]c1ccccc1C(=O)N(CCC)CCC. The number of carbonyl (C=O) groups excluding carboxylic acids is 1. The predicted octanol–water partition coefficient (Wildman–Crippen LogP) is 3.13. The summed E-state index contributed by atoms with van der Waals surface area (Å²) >= 11 is 0. The Morgan fingerprint density at radius 2 is 1.75 bits per heavy atom. The van der Waals surface area contributed by atoms with E-state index in [1.165, 1.54) is 0 Å². The van der Waals surface area contributed by atoms with E-state index in [1.807, 2.05) is 29.2 Å². The van der Waals surface area contributed by atoms with Crippen LogP contribution in [-0.4, -0.2) is 23.9 Å². The summed E-state index contributed by atoms with van der Waals surface area (Å²) in [5.74, 6) is 0.106. The van der Waals surface area contributed by atoms with Gasteiger partial charge in [-0.05, 0) is 31.4 Å². The Bertz CT molecular complexity index is 340. The molecule has 0 saturated carbocycles. The molecule has 1 aromatic carbocycles. The van der Waals surface area contributed by atoms with Crippen LogP contribution in [0, 0.1) is 6.92 Å². The standard InChI is InChI=1S/C14H20NO/c1-4-10-15(11-5-2)14(16)13-9-7-6-8-12(13)3/h6-9H,3-5,10-11H2,1-2H3. The van der Waals surface area contributed by atoms with Crippen LogP contribution in [0.4, 0.5) is 0 Å². The van der Waals surface area contributed by atoms with Crippen molar-refractivity contribution in [2.24, 2.45) is 0 Å². The Morgan fingerprint density at radius 3 is 2.25 bits per heavy atom. The molecule has 0 aliphatic carbocycles. The summed E-state index contributed by atoms with van der Waals surface area (Å²) in [5.41, 5.74) is 1.54. The number of hydrogen-bond donors (Lipinski definition) is 0. The number of nitrogens with zero attached hydrogens (tertiary/aromatic N) is 1. The van der Waals surface area contributed by atoms with Crippen LogP contribution in [0.15, 0.2) is 24.3 Å². The van der Waals surface area contributed by atoms with Crippen LogP contribution in [-0.2, 0) is 0 Å². The van der Waals surface area contributed by atoms with Crippen LogP contribution in [0.5, 0.6) is 0 Å². The summed E-state index contributed by atoms with van der Waals surface area (Å²) in [7, 11) is 0. The van der Waals surface area contributed by atoms with Gasteiger partial charge in [-0.2, -0.15) is 0 Å². The smallest absolute Gasteiger partial charge is 0.254 e. The van der Waals surface area contributed by atoms with Crippen molar-refractivity contribution in [1.29, 1.82) is 0 Å². The molecule has 0 unspecified atom stereocenters. The van der Waals surface area contributed by atoms with Crippen molar-refractivity contribution in [3.8, 4) is 0 Å². The van der Waals surface area contributed by atoms with Gasteiger partial charge < -0.3 is 4.90 Å². The molecule has 0 aliphatic heterocycles. The number of hydrogen-bond acceptors (Lipinski definition) is 1. The molecule has 0 fully saturated rings. The molecule has 1 amide bonds. The molecular weight excluding hydrogens is 198 g/mol. The highest BCUT2D eigenvalue weighted by molar-refractivity contribution is 5.95. The zero-order valence-electron chi connectivity index (χ0n) is 10.2. The molecule has 16 heavy (non-hydrogen) atoms. The van der Waals surface area contributed by atoms with Gasteiger partial charge in [0.15, 0.2) is 0 Å². The van der Waals surface area contributed by atoms with Crippen molar-refractivity contribution in [3.05, 3.63) is 42.3 Å². The Balaban J connectivity index is 2.85. The van der Waals surface area contributed by atoms with E-state index in [2.05, 4.69) is 20.8 Å². The van der Waals surface area contributed by atoms with Gasteiger partial charge in [0.2, 0.25) is 0 Å². The lowest BCUT2D eigenvalue weighted by Gasteiger charge is -2.22. The van der Waals surface area contributed by atoms with Gasteiger partial charge in [0.25, 0.3) is 5.91 Å². The lowest BCUT2D eigenvalue weighted by atomic mass is 10.1. The minimum Gasteiger partial charge on any atom is -0.339 e. The van der Waals surface area contributed by atoms with E-state index in [9.17, 15) is 4.79 Å². The maximum atomic E-state index is 12.2. The van der Waals surface area contributed by atoms with E-state index >= 15 is 0 Å². The fourth-order valence-corrected chi connectivity index (χ4v) is 1.75. The molecule has 2 heteroatoms. The van der Waals surface area contributed by atoms with Gasteiger partial charge in [0.1, 0.15) is 0 Å². The molecule has 1 rings (SSSR count). The fraction of sp³-hybridized carbons (Fsp3) is 0.429. The first-order valence-corrected chi connectivity index (χ1v) is 5.91. The molecule has 2 nitrogen and oxygen atoms in total. The van der Waals surface area contributed by atoms with Crippen molar-refractivity contribution in [3.63, 3.8) is 0 Å². The zero-order valence-corrected chi connectivity index (χ0v) is 10.2. The minimum absolute atomic E-state index is 0.106. The quantitative estimate of drug-likeness (QED) is 0.743. The van der Waals surface area contributed by atoms with Gasteiger partial charge in [0.05, 0.1) is 0 Å². The molecule has 87 valence electrons. The lowest BCUT2D eigenvalue weighted by molar-refractivity contribution is 0.0755. The number of rotatable bonds is 5. The molecule has 1 radical (unpaired) electrons. The average Bonchev–Trinajstić information content (AvgIpc) is 2.28. The van der Waals surface area contributed by atoms with Crippen LogP contribution in [0.25, 0.3) is 0 Å². The highest BCUT2D eigenvalue weighted by Crippen LogP contribution is 2.11. The number of amides is 1. The van der Waals surface area contributed by atoms with E-state index in [1.54, 1.807) is 0 Å². The molecule has 0 aromatic heterocycles. The Labute approximate surface area is 98.3 Å². The van der Waals surface area contributed by atoms with Crippen molar-refractivity contribution < 1.29 is 4.79 Å². The van der Waals surface area contributed by atoms with E-state index in [-0.39, 0.29) is 5.91 Å². The Hall–Kier alpha value is -1.31. The van der Waals surface area contributed by atoms with Crippen molar-refractivity contribution in [2.75, 3.05) is 13.1 Å². The number of benzene rings is 1. The van der Waals surface area contributed by atoms with E-state index in [0.717, 1.165) is 37.1 Å². The van der Waals surface area contributed by atoms with Crippen LogP contribution in [0.1, 0.15) is 42.6 Å². The molecular formula is C14H20NO. The van der Waals surface area contributed by atoms with Crippen molar-refractivity contribution in [1.82, 2.24) is 4.90 Å². The van der Waals surface area contributed by atoms with E-state index < -0.39 is 0 Å². The Morgan fingerprint density at radius 1 is 1.19 bits per heavy atom. The maximum Gasteiger partial charge on any atom is 0.254 e. The van der Waals surface area contributed by atoms with Crippen LogP contribution in [0.3, 0.4) is 0 Å². The predicted molar refractivity (Wildman–Crippen MR) is 67.4 cm³/mol. The van der Waals surface area contributed by atoms with Crippen molar-refractivity contribution in [2.45, 2.75) is 26.7 Å². The van der Waals surface area contributed by atoms with Gasteiger partial charge in [-0.25, -0.2) is 0 Å². The summed E-state index contributed by atoms with van der Waals surface area (Å²) in [6, 6.07) is 7.52. The summed E-state index contributed by atoms with van der Waals surface area (Å²) in [5, 5.41) is 0. The van der Waals surface area contributed by atoms with Crippen LogP contribution < -0.4 is 0 Å². The summed E-state index contributed by atoms with van der Waals surface area (Å²) in [6.07, 6.45) is 1.98. The topological polar surface area (TPSA) is 20.3 Å². The Kier molecular flexibility index (Phi) is 5.03. The largest absolute Gasteiger partial charge is 0.339 e.